The van der Waals surface area contributed by atoms with Gasteiger partial charge in [-0.25, -0.2) is 0 Å². The number of carbonyl (C=O) groups is 2. The van der Waals surface area contributed by atoms with E-state index in [1.165, 1.54) is 44.1 Å². The topological polar surface area (TPSA) is 52.6 Å². The van der Waals surface area contributed by atoms with Crippen molar-refractivity contribution in [3.63, 3.8) is 0 Å². The molecule has 0 unspecified atom stereocenters. The van der Waals surface area contributed by atoms with Crippen LogP contribution in [-0.2, 0) is 31.9 Å². The molecule has 0 atom stereocenters. The molecule has 4 heteroatoms. The molecule has 0 amide bonds. The van der Waals surface area contributed by atoms with Crippen molar-refractivity contribution in [1.82, 2.24) is 0 Å². The van der Waals surface area contributed by atoms with Crippen LogP contribution in [0.15, 0.2) is 24.3 Å². The molecule has 0 aromatic heterocycles. The van der Waals surface area contributed by atoms with Gasteiger partial charge < -0.3 is 9.47 Å². The van der Waals surface area contributed by atoms with Gasteiger partial charge in [-0.05, 0) is 58.1 Å². The molecular weight excluding hydrogens is 364 g/mol. The minimum atomic E-state index is -0.373. The van der Waals surface area contributed by atoms with Crippen molar-refractivity contribution in [2.45, 2.75) is 104 Å². The lowest BCUT2D eigenvalue weighted by Gasteiger charge is -2.19. The molecule has 1 aromatic carbocycles. The third-order valence-electron chi connectivity index (χ3n) is 4.69. The Labute approximate surface area is 177 Å². The summed E-state index contributed by atoms with van der Waals surface area (Å²) in [6, 6.07) is 8.31. The van der Waals surface area contributed by atoms with E-state index in [9.17, 15) is 9.59 Å². The van der Waals surface area contributed by atoms with Crippen LogP contribution >= 0.6 is 0 Å². The predicted molar refractivity (Wildman–Crippen MR) is 118 cm³/mol. The number of hydrogen-bond donors (Lipinski definition) is 0. The molecular formula is C25H40O4. The van der Waals surface area contributed by atoms with Crippen LogP contribution in [0, 0.1) is 0 Å². The van der Waals surface area contributed by atoms with Gasteiger partial charge in [-0.1, -0.05) is 62.8 Å². The molecule has 0 aliphatic carbocycles. The van der Waals surface area contributed by atoms with E-state index < -0.39 is 0 Å². The third kappa shape index (κ3) is 13.9. The van der Waals surface area contributed by atoms with Gasteiger partial charge in [-0.2, -0.15) is 0 Å². The minimum absolute atomic E-state index is 0.0774. The Balaban J connectivity index is 1.99. The molecule has 0 N–H and O–H groups in total. The first kappa shape index (κ1) is 25.2. The monoisotopic (exact) mass is 404 g/mol. The van der Waals surface area contributed by atoms with Gasteiger partial charge in [-0.3, -0.25) is 9.59 Å². The molecule has 0 aliphatic heterocycles. The Kier molecular flexibility index (Phi) is 12.3. The van der Waals surface area contributed by atoms with Crippen molar-refractivity contribution in [2.75, 3.05) is 6.61 Å². The lowest BCUT2D eigenvalue weighted by molar-refractivity contribution is -0.155. The maximum atomic E-state index is 11.6. The normalized spacial score (nSPS) is 11.3. The maximum absolute atomic E-state index is 11.6. The van der Waals surface area contributed by atoms with Crippen LogP contribution < -0.4 is 0 Å². The van der Waals surface area contributed by atoms with Crippen LogP contribution in [0.5, 0.6) is 0 Å². The Morgan fingerprint density at radius 2 is 1.28 bits per heavy atom. The van der Waals surface area contributed by atoms with Crippen molar-refractivity contribution < 1.29 is 19.1 Å². The number of rotatable bonds is 14. The SMILES string of the molecule is CCOC(=O)Cc1ccc(CCCCCCCCCCC(=O)OC(C)(C)C)cc1. The van der Waals surface area contributed by atoms with E-state index in [0.29, 0.717) is 19.4 Å². The number of benzene rings is 1. The fraction of sp³-hybridized carbons (Fsp3) is 0.680. The summed E-state index contributed by atoms with van der Waals surface area (Å²) in [6.45, 7) is 7.99. The van der Waals surface area contributed by atoms with Gasteiger partial charge in [0.25, 0.3) is 0 Å². The van der Waals surface area contributed by atoms with Crippen LogP contribution in [0.3, 0.4) is 0 Å². The summed E-state index contributed by atoms with van der Waals surface area (Å²) >= 11 is 0. The number of carbonyl (C=O) groups excluding carboxylic acids is 2. The molecule has 4 nitrogen and oxygen atoms in total. The standard InChI is InChI=1S/C25H40O4/c1-5-28-24(27)20-22-18-16-21(17-19-22)14-12-10-8-6-7-9-11-13-15-23(26)29-25(2,3)4/h16-19H,5-15,20H2,1-4H3. The second kappa shape index (κ2) is 14.2. The first-order valence-electron chi connectivity index (χ1n) is 11.3. The highest BCUT2D eigenvalue weighted by Crippen LogP contribution is 2.14. The summed E-state index contributed by atoms with van der Waals surface area (Å²) in [5.74, 6) is -0.239. The summed E-state index contributed by atoms with van der Waals surface area (Å²) in [4.78, 5) is 23.1. The number of ether oxygens (including phenoxy) is 2. The third-order valence-corrected chi connectivity index (χ3v) is 4.69. The minimum Gasteiger partial charge on any atom is -0.466 e. The number of esters is 2. The zero-order chi connectivity index (χ0) is 21.5. The summed E-state index contributed by atoms with van der Waals surface area (Å²) in [7, 11) is 0. The quantitative estimate of drug-likeness (QED) is 0.274. The average molecular weight is 405 g/mol. The van der Waals surface area contributed by atoms with Gasteiger partial charge in [0.05, 0.1) is 13.0 Å². The zero-order valence-corrected chi connectivity index (χ0v) is 18.9. The van der Waals surface area contributed by atoms with Gasteiger partial charge in [0.1, 0.15) is 5.60 Å². The van der Waals surface area contributed by atoms with Crippen LogP contribution in [0.2, 0.25) is 0 Å². The van der Waals surface area contributed by atoms with Gasteiger partial charge in [0.2, 0.25) is 0 Å². The fourth-order valence-corrected chi connectivity index (χ4v) is 3.25. The van der Waals surface area contributed by atoms with Crippen molar-refractivity contribution in [2.24, 2.45) is 0 Å². The molecule has 0 saturated heterocycles. The highest BCUT2D eigenvalue weighted by molar-refractivity contribution is 5.72. The Bertz CT molecular complexity index is 584. The molecule has 0 heterocycles. The van der Waals surface area contributed by atoms with Gasteiger partial charge in [0, 0.05) is 6.42 Å². The van der Waals surface area contributed by atoms with Gasteiger partial charge in [0.15, 0.2) is 0 Å². The van der Waals surface area contributed by atoms with E-state index in [-0.39, 0.29) is 17.5 Å². The van der Waals surface area contributed by atoms with E-state index in [0.717, 1.165) is 24.8 Å². The van der Waals surface area contributed by atoms with Crippen molar-refractivity contribution in [3.8, 4) is 0 Å². The Morgan fingerprint density at radius 3 is 1.83 bits per heavy atom. The Hall–Kier alpha value is -1.84. The lowest BCUT2D eigenvalue weighted by Crippen LogP contribution is -2.23. The van der Waals surface area contributed by atoms with E-state index in [1.54, 1.807) is 0 Å². The summed E-state index contributed by atoms with van der Waals surface area (Å²) in [5, 5.41) is 0. The summed E-state index contributed by atoms with van der Waals surface area (Å²) < 4.78 is 10.3. The highest BCUT2D eigenvalue weighted by Gasteiger charge is 2.15. The molecule has 0 fully saturated rings. The first-order valence-corrected chi connectivity index (χ1v) is 11.3. The van der Waals surface area contributed by atoms with Crippen molar-refractivity contribution in [1.29, 1.82) is 0 Å². The molecule has 0 radical (unpaired) electrons. The molecule has 1 aromatic rings. The fourth-order valence-electron chi connectivity index (χ4n) is 3.25. The lowest BCUT2D eigenvalue weighted by atomic mass is 10.0. The van der Waals surface area contributed by atoms with E-state index in [4.69, 9.17) is 9.47 Å². The molecule has 1 rings (SSSR count). The average Bonchev–Trinajstić information content (AvgIpc) is 2.63. The van der Waals surface area contributed by atoms with Gasteiger partial charge >= 0.3 is 11.9 Å². The second-order valence-corrected chi connectivity index (χ2v) is 8.71. The largest absolute Gasteiger partial charge is 0.466 e. The molecule has 0 spiro atoms. The van der Waals surface area contributed by atoms with Crippen LogP contribution in [0.4, 0.5) is 0 Å². The van der Waals surface area contributed by atoms with E-state index >= 15 is 0 Å². The summed E-state index contributed by atoms with van der Waals surface area (Å²) in [6.07, 6.45) is 11.5. The number of aryl methyl sites for hydroxylation is 1. The number of unbranched alkanes of at least 4 members (excludes halogenated alkanes) is 7. The van der Waals surface area contributed by atoms with Crippen molar-refractivity contribution in [3.05, 3.63) is 35.4 Å². The van der Waals surface area contributed by atoms with Crippen molar-refractivity contribution >= 4 is 11.9 Å². The Morgan fingerprint density at radius 1 is 0.759 bits per heavy atom. The smallest absolute Gasteiger partial charge is 0.310 e. The molecule has 0 aliphatic rings. The van der Waals surface area contributed by atoms with Gasteiger partial charge in [-0.15, -0.1) is 0 Å². The van der Waals surface area contributed by atoms with E-state index in [2.05, 4.69) is 12.1 Å². The maximum Gasteiger partial charge on any atom is 0.310 e. The summed E-state index contributed by atoms with van der Waals surface area (Å²) in [5.41, 5.74) is 1.97. The van der Waals surface area contributed by atoms with Crippen LogP contribution in [0.1, 0.15) is 96.6 Å². The molecule has 164 valence electrons. The van der Waals surface area contributed by atoms with Crippen LogP contribution in [0.25, 0.3) is 0 Å². The number of hydrogen-bond acceptors (Lipinski definition) is 4. The highest BCUT2D eigenvalue weighted by atomic mass is 16.6. The molecule has 0 saturated carbocycles. The molecule has 29 heavy (non-hydrogen) atoms. The van der Waals surface area contributed by atoms with Crippen LogP contribution in [-0.4, -0.2) is 24.1 Å². The second-order valence-electron chi connectivity index (χ2n) is 8.71. The zero-order valence-electron chi connectivity index (χ0n) is 18.9. The first-order chi connectivity index (χ1) is 13.8. The predicted octanol–water partition coefficient (Wildman–Crippen LogP) is 6.19. The van der Waals surface area contributed by atoms with E-state index in [1.807, 2.05) is 39.8 Å². The molecule has 0 bridgehead atoms.